The summed E-state index contributed by atoms with van der Waals surface area (Å²) in [5.41, 5.74) is 0.418. The Hall–Kier alpha value is -0.0400. The van der Waals surface area contributed by atoms with E-state index in [0.29, 0.717) is 5.54 Å². The van der Waals surface area contributed by atoms with Crippen molar-refractivity contribution in [2.45, 2.75) is 90.5 Å². The van der Waals surface area contributed by atoms with E-state index in [-0.39, 0.29) is 0 Å². The summed E-state index contributed by atoms with van der Waals surface area (Å²) in [4.78, 5) is 0. The smallest absolute Gasteiger partial charge is 0.0929 e. The molecule has 0 aliphatic heterocycles. The quantitative estimate of drug-likeness (QED) is 0.343. The highest BCUT2D eigenvalue weighted by atomic mass is 15.3. The third-order valence-electron chi connectivity index (χ3n) is 4.71. The SMILES string of the molecule is CCCCCCCCCCCC(C)(C)[N+](C)(C)C. The summed E-state index contributed by atoms with van der Waals surface area (Å²) in [5, 5.41) is 0. The largest absolute Gasteiger partial charge is 0.327 e. The maximum absolute atomic E-state index is 2.40. The number of nitrogens with zero attached hydrogens (tertiary/aromatic N) is 1. The molecule has 1 nitrogen and oxygen atoms in total. The van der Waals surface area contributed by atoms with Crippen LogP contribution in [0, 0.1) is 0 Å². The molecule has 18 heavy (non-hydrogen) atoms. The lowest BCUT2D eigenvalue weighted by Gasteiger charge is -2.41. The number of hydrogen-bond donors (Lipinski definition) is 0. The molecule has 0 saturated carbocycles. The van der Waals surface area contributed by atoms with Gasteiger partial charge in [0, 0.05) is 6.42 Å². The van der Waals surface area contributed by atoms with Gasteiger partial charge in [-0.3, -0.25) is 0 Å². The lowest BCUT2D eigenvalue weighted by atomic mass is 9.93. The summed E-state index contributed by atoms with van der Waals surface area (Å²) >= 11 is 0. The van der Waals surface area contributed by atoms with Crippen LogP contribution in [-0.2, 0) is 0 Å². The Balaban J connectivity index is 3.41. The third kappa shape index (κ3) is 8.13. The highest BCUT2D eigenvalue weighted by molar-refractivity contribution is 4.68. The molecule has 0 aromatic carbocycles. The fraction of sp³-hybridized carbons (Fsp3) is 1.00. The molecular weight excluding hydrogens is 218 g/mol. The third-order valence-corrected chi connectivity index (χ3v) is 4.71. The van der Waals surface area contributed by atoms with Crippen molar-refractivity contribution >= 4 is 0 Å². The van der Waals surface area contributed by atoms with Crippen LogP contribution in [0.15, 0.2) is 0 Å². The van der Waals surface area contributed by atoms with E-state index < -0.39 is 0 Å². The van der Waals surface area contributed by atoms with Gasteiger partial charge in [0.05, 0.1) is 26.7 Å². The van der Waals surface area contributed by atoms with Gasteiger partial charge in [-0.2, -0.15) is 0 Å². The number of quaternary nitrogens is 1. The summed E-state index contributed by atoms with van der Waals surface area (Å²) < 4.78 is 1.07. The summed E-state index contributed by atoms with van der Waals surface area (Å²) in [7, 11) is 6.94. The van der Waals surface area contributed by atoms with Crippen molar-refractivity contribution in [3.05, 3.63) is 0 Å². The molecule has 0 fully saturated rings. The van der Waals surface area contributed by atoms with Gasteiger partial charge in [0.1, 0.15) is 0 Å². The van der Waals surface area contributed by atoms with Crippen molar-refractivity contribution in [1.29, 1.82) is 0 Å². The highest BCUT2D eigenvalue weighted by Crippen LogP contribution is 2.24. The van der Waals surface area contributed by atoms with Crippen LogP contribution in [0.3, 0.4) is 0 Å². The fourth-order valence-electron chi connectivity index (χ4n) is 2.20. The van der Waals surface area contributed by atoms with Gasteiger partial charge in [0.2, 0.25) is 0 Å². The standard InChI is InChI=1S/C17H38N/c1-7-8-9-10-11-12-13-14-15-16-17(2,3)18(4,5)6/h7-16H2,1-6H3/q+1. The van der Waals surface area contributed by atoms with Gasteiger partial charge in [0.25, 0.3) is 0 Å². The molecule has 0 radical (unpaired) electrons. The first-order chi connectivity index (χ1) is 8.31. The summed E-state index contributed by atoms with van der Waals surface area (Å²) in [6.45, 7) is 7.09. The second kappa shape index (κ2) is 8.96. The Morgan fingerprint density at radius 2 is 1.06 bits per heavy atom. The Labute approximate surface area is 117 Å². The van der Waals surface area contributed by atoms with Crippen molar-refractivity contribution in [3.63, 3.8) is 0 Å². The molecule has 0 amide bonds. The van der Waals surface area contributed by atoms with Crippen LogP contribution in [0.5, 0.6) is 0 Å². The Morgan fingerprint density at radius 1 is 0.667 bits per heavy atom. The van der Waals surface area contributed by atoms with Crippen LogP contribution >= 0.6 is 0 Å². The van der Waals surface area contributed by atoms with Crippen LogP contribution in [0.1, 0.15) is 85.0 Å². The van der Waals surface area contributed by atoms with Crippen molar-refractivity contribution in [1.82, 2.24) is 0 Å². The Kier molecular flexibility index (Phi) is 8.94. The molecule has 0 unspecified atom stereocenters. The predicted octanol–water partition coefficient (Wildman–Crippen LogP) is 5.39. The van der Waals surface area contributed by atoms with Crippen LogP contribution in [0.2, 0.25) is 0 Å². The monoisotopic (exact) mass is 256 g/mol. The van der Waals surface area contributed by atoms with Crippen LogP contribution < -0.4 is 0 Å². The van der Waals surface area contributed by atoms with Gasteiger partial charge in [-0.25, -0.2) is 0 Å². The normalized spacial score (nSPS) is 13.0. The van der Waals surface area contributed by atoms with E-state index >= 15 is 0 Å². The summed E-state index contributed by atoms with van der Waals surface area (Å²) in [6.07, 6.45) is 14.2. The molecule has 0 aromatic rings. The molecule has 0 aliphatic rings. The van der Waals surface area contributed by atoms with Crippen molar-refractivity contribution in [3.8, 4) is 0 Å². The van der Waals surface area contributed by atoms with Gasteiger partial charge in [-0.05, 0) is 20.3 Å². The molecular formula is C17H38N+. The van der Waals surface area contributed by atoms with Gasteiger partial charge < -0.3 is 4.48 Å². The maximum atomic E-state index is 2.40. The zero-order chi connectivity index (χ0) is 14.1. The predicted molar refractivity (Wildman–Crippen MR) is 84.0 cm³/mol. The number of unbranched alkanes of at least 4 members (excludes halogenated alkanes) is 8. The van der Waals surface area contributed by atoms with Crippen LogP contribution in [0.4, 0.5) is 0 Å². The zero-order valence-electron chi connectivity index (χ0n) is 14.0. The molecule has 0 saturated heterocycles. The molecule has 0 bridgehead atoms. The zero-order valence-corrected chi connectivity index (χ0v) is 14.0. The second-order valence-corrected chi connectivity index (χ2v) is 7.40. The molecule has 110 valence electrons. The van der Waals surface area contributed by atoms with Gasteiger partial charge in [-0.15, -0.1) is 0 Å². The lowest BCUT2D eigenvalue weighted by molar-refractivity contribution is -0.920. The topological polar surface area (TPSA) is 0 Å². The number of hydrogen-bond acceptors (Lipinski definition) is 0. The molecule has 0 aromatic heterocycles. The minimum atomic E-state index is 0.418. The second-order valence-electron chi connectivity index (χ2n) is 7.40. The van der Waals surface area contributed by atoms with Crippen LogP contribution in [-0.4, -0.2) is 31.2 Å². The number of rotatable bonds is 11. The fourth-order valence-corrected chi connectivity index (χ4v) is 2.20. The molecule has 0 heterocycles. The van der Waals surface area contributed by atoms with Gasteiger partial charge >= 0.3 is 0 Å². The van der Waals surface area contributed by atoms with Gasteiger partial charge in [0.15, 0.2) is 0 Å². The van der Waals surface area contributed by atoms with E-state index in [4.69, 9.17) is 0 Å². The molecule has 0 N–H and O–H groups in total. The minimum Gasteiger partial charge on any atom is -0.327 e. The molecule has 0 atom stereocenters. The van der Waals surface area contributed by atoms with E-state index in [9.17, 15) is 0 Å². The molecule has 0 aliphatic carbocycles. The average Bonchev–Trinajstić information content (AvgIpc) is 2.25. The molecule has 0 rings (SSSR count). The van der Waals surface area contributed by atoms with Gasteiger partial charge in [-0.1, -0.05) is 58.3 Å². The Morgan fingerprint density at radius 3 is 1.44 bits per heavy atom. The molecule has 0 spiro atoms. The first kappa shape index (κ1) is 18.0. The Bertz CT molecular complexity index is 188. The van der Waals surface area contributed by atoms with Crippen molar-refractivity contribution in [2.24, 2.45) is 0 Å². The van der Waals surface area contributed by atoms with E-state index in [2.05, 4.69) is 41.9 Å². The summed E-state index contributed by atoms with van der Waals surface area (Å²) in [5.74, 6) is 0. The first-order valence-electron chi connectivity index (χ1n) is 8.13. The van der Waals surface area contributed by atoms with E-state index in [1.54, 1.807) is 0 Å². The van der Waals surface area contributed by atoms with E-state index in [1.807, 2.05) is 0 Å². The van der Waals surface area contributed by atoms with Crippen LogP contribution in [0.25, 0.3) is 0 Å². The molecule has 1 heteroatoms. The van der Waals surface area contributed by atoms with Crippen molar-refractivity contribution in [2.75, 3.05) is 21.1 Å². The van der Waals surface area contributed by atoms with Crippen molar-refractivity contribution < 1.29 is 4.48 Å². The van der Waals surface area contributed by atoms with E-state index in [0.717, 1.165) is 4.48 Å². The first-order valence-corrected chi connectivity index (χ1v) is 8.13. The minimum absolute atomic E-state index is 0.418. The highest BCUT2D eigenvalue weighted by Gasteiger charge is 2.31. The average molecular weight is 256 g/mol. The summed E-state index contributed by atoms with van der Waals surface area (Å²) in [6, 6.07) is 0. The maximum Gasteiger partial charge on any atom is 0.0929 e. The lowest BCUT2D eigenvalue weighted by Crippen LogP contribution is -2.52. The van der Waals surface area contributed by atoms with E-state index in [1.165, 1.54) is 64.2 Å².